The molecule has 24 heavy (non-hydrogen) atoms. The van der Waals surface area contributed by atoms with Crippen LogP contribution in [0.15, 0.2) is 42.6 Å². The number of nitrogens with one attached hydrogen (secondary N) is 1. The number of hydrogen-bond acceptors (Lipinski definition) is 2. The van der Waals surface area contributed by atoms with Gasteiger partial charge in [0.15, 0.2) is 0 Å². The number of hydrogen-bond donors (Lipinski definition) is 1. The van der Waals surface area contributed by atoms with Gasteiger partial charge in [-0.15, -0.1) is 0 Å². The third kappa shape index (κ3) is 3.43. The van der Waals surface area contributed by atoms with Gasteiger partial charge >= 0.3 is 6.03 Å². The molecule has 128 valence electrons. The Kier molecular flexibility index (Phi) is 5.45. The standard InChI is InChI=1S/C18H22BrN3O2/c1-24-15-7-5-14(6-8-15)17-16-4-2-11-21(16)12-13-22(17)18(23)20-10-3-9-19/h2,4-8,11,17H,3,9-10,12-13H2,1H3,(H,20,23). The smallest absolute Gasteiger partial charge is 0.318 e. The van der Waals surface area contributed by atoms with E-state index in [1.165, 1.54) is 0 Å². The molecule has 6 heteroatoms. The molecule has 1 aromatic heterocycles. The molecule has 1 aliphatic heterocycles. The number of methoxy groups -OCH3 is 1. The van der Waals surface area contributed by atoms with E-state index in [9.17, 15) is 4.79 Å². The average Bonchev–Trinajstić information content (AvgIpc) is 3.10. The SMILES string of the molecule is COc1ccc(C2c3cccn3CCN2C(=O)NCCCBr)cc1. The van der Waals surface area contributed by atoms with Crippen molar-refractivity contribution < 1.29 is 9.53 Å². The molecule has 2 aromatic rings. The highest BCUT2D eigenvalue weighted by Crippen LogP contribution is 2.33. The van der Waals surface area contributed by atoms with Gasteiger partial charge in [0.1, 0.15) is 5.75 Å². The van der Waals surface area contributed by atoms with E-state index in [1.54, 1.807) is 7.11 Å². The monoisotopic (exact) mass is 391 g/mol. The summed E-state index contributed by atoms with van der Waals surface area (Å²) in [6.45, 7) is 2.19. The Balaban J connectivity index is 1.88. The maximum absolute atomic E-state index is 12.7. The van der Waals surface area contributed by atoms with Crippen molar-refractivity contribution in [2.45, 2.75) is 19.0 Å². The number of carbonyl (C=O) groups is 1. The summed E-state index contributed by atoms with van der Waals surface area (Å²) in [7, 11) is 1.66. The minimum atomic E-state index is -0.0800. The van der Waals surface area contributed by atoms with Crippen LogP contribution in [-0.2, 0) is 6.54 Å². The highest BCUT2D eigenvalue weighted by atomic mass is 79.9. The Morgan fingerprint density at radius 2 is 2.08 bits per heavy atom. The Morgan fingerprint density at radius 1 is 1.29 bits per heavy atom. The molecule has 1 aliphatic rings. The van der Waals surface area contributed by atoms with E-state index >= 15 is 0 Å². The minimum absolute atomic E-state index is 0.00998. The third-order valence-electron chi connectivity index (χ3n) is 4.32. The molecule has 1 unspecified atom stereocenters. The van der Waals surface area contributed by atoms with Crippen molar-refractivity contribution in [3.05, 3.63) is 53.9 Å². The van der Waals surface area contributed by atoms with E-state index in [2.05, 4.69) is 38.1 Å². The summed E-state index contributed by atoms with van der Waals surface area (Å²) in [5.74, 6) is 0.818. The van der Waals surface area contributed by atoms with Gasteiger partial charge in [-0.05, 0) is 36.2 Å². The first kappa shape index (κ1) is 16.9. The van der Waals surface area contributed by atoms with Crippen LogP contribution >= 0.6 is 15.9 Å². The molecule has 0 saturated heterocycles. The van der Waals surface area contributed by atoms with Gasteiger partial charge in [-0.3, -0.25) is 0 Å². The zero-order chi connectivity index (χ0) is 16.9. The van der Waals surface area contributed by atoms with E-state index < -0.39 is 0 Å². The lowest BCUT2D eigenvalue weighted by atomic mass is 10.00. The molecule has 1 N–H and O–H groups in total. The number of carbonyl (C=O) groups excluding carboxylic acids is 1. The van der Waals surface area contributed by atoms with E-state index in [4.69, 9.17) is 4.74 Å². The maximum Gasteiger partial charge on any atom is 0.318 e. The van der Waals surface area contributed by atoms with Crippen LogP contribution < -0.4 is 10.1 Å². The lowest BCUT2D eigenvalue weighted by molar-refractivity contribution is 0.169. The van der Waals surface area contributed by atoms with Gasteiger partial charge in [-0.1, -0.05) is 28.1 Å². The fraction of sp³-hybridized carbons (Fsp3) is 0.389. The van der Waals surface area contributed by atoms with Crippen LogP contribution in [0, 0.1) is 0 Å². The average molecular weight is 392 g/mol. The van der Waals surface area contributed by atoms with Crippen LogP contribution in [0.1, 0.15) is 23.7 Å². The predicted molar refractivity (Wildman–Crippen MR) is 97.8 cm³/mol. The molecule has 0 fully saturated rings. The number of benzene rings is 1. The normalized spacial score (nSPS) is 16.6. The molecule has 0 saturated carbocycles. The van der Waals surface area contributed by atoms with Crippen LogP contribution in [0.25, 0.3) is 0 Å². The molecule has 1 atom stereocenters. The van der Waals surface area contributed by atoms with Crippen LogP contribution in [0.5, 0.6) is 5.75 Å². The van der Waals surface area contributed by atoms with E-state index in [1.807, 2.05) is 35.2 Å². The van der Waals surface area contributed by atoms with Crippen molar-refractivity contribution >= 4 is 22.0 Å². The number of ether oxygens (including phenoxy) is 1. The number of urea groups is 1. The fourth-order valence-corrected chi connectivity index (χ4v) is 3.38. The highest BCUT2D eigenvalue weighted by Gasteiger charge is 2.31. The molecule has 5 nitrogen and oxygen atoms in total. The third-order valence-corrected chi connectivity index (χ3v) is 4.88. The lowest BCUT2D eigenvalue weighted by Gasteiger charge is -2.37. The molecular formula is C18H22BrN3O2. The molecule has 0 aliphatic carbocycles. The largest absolute Gasteiger partial charge is 0.497 e. The number of fused-ring (bicyclic) bond motifs is 1. The molecule has 1 aromatic carbocycles. The first-order chi connectivity index (χ1) is 11.7. The van der Waals surface area contributed by atoms with Gasteiger partial charge < -0.3 is 19.5 Å². The van der Waals surface area contributed by atoms with Crippen LogP contribution in [0.3, 0.4) is 0 Å². The van der Waals surface area contributed by atoms with Crippen molar-refractivity contribution in [2.24, 2.45) is 0 Å². The second kappa shape index (κ2) is 7.75. The number of alkyl halides is 1. The first-order valence-electron chi connectivity index (χ1n) is 8.14. The second-order valence-electron chi connectivity index (χ2n) is 5.77. The van der Waals surface area contributed by atoms with Gasteiger partial charge in [0.2, 0.25) is 0 Å². The molecular weight excluding hydrogens is 370 g/mol. The van der Waals surface area contributed by atoms with E-state index in [0.29, 0.717) is 13.1 Å². The van der Waals surface area contributed by atoms with E-state index in [0.717, 1.165) is 35.3 Å². The van der Waals surface area contributed by atoms with Gasteiger partial charge in [0, 0.05) is 36.9 Å². The lowest BCUT2D eigenvalue weighted by Crippen LogP contribution is -2.47. The highest BCUT2D eigenvalue weighted by molar-refractivity contribution is 9.09. The number of halogens is 1. The van der Waals surface area contributed by atoms with Crippen LogP contribution in [0.2, 0.25) is 0 Å². The quantitative estimate of drug-likeness (QED) is 0.626. The Morgan fingerprint density at radius 3 is 2.79 bits per heavy atom. The van der Waals surface area contributed by atoms with E-state index in [-0.39, 0.29) is 12.1 Å². The molecule has 0 spiro atoms. The maximum atomic E-state index is 12.7. The summed E-state index contributed by atoms with van der Waals surface area (Å²) in [5, 5.41) is 3.91. The van der Waals surface area contributed by atoms with Gasteiger partial charge in [-0.25, -0.2) is 4.79 Å². The topological polar surface area (TPSA) is 46.5 Å². The van der Waals surface area contributed by atoms with Gasteiger partial charge in [0.25, 0.3) is 0 Å². The molecule has 2 heterocycles. The van der Waals surface area contributed by atoms with Gasteiger partial charge in [-0.2, -0.15) is 0 Å². The van der Waals surface area contributed by atoms with Gasteiger partial charge in [0.05, 0.1) is 13.2 Å². The molecule has 2 amide bonds. The summed E-state index contributed by atoms with van der Waals surface area (Å²) >= 11 is 3.39. The Bertz CT molecular complexity index is 684. The minimum Gasteiger partial charge on any atom is -0.497 e. The zero-order valence-electron chi connectivity index (χ0n) is 13.7. The second-order valence-corrected chi connectivity index (χ2v) is 6.56. The number of nitrogens with zero attached hydrogens (tertiary/aromatic N) is 2. The number of amides is 2. The molecule has 0 radical (unpaired) electrons. The van der Waals surface area contributed by atoms with Crippen molar-refractivity contribution in [1.82, 2.24) is 14.8 Å². The summed E-state index contributed by atoms with van der Waals surface area (Å²) in [4.78, 5) is 14.6. The van der Waals surface area contributed by atoms with Crippen molar-refractivity contribution in [3.8, 4) is 5.75 Å². The van der Waals surface area contributed by atoms with Crippen LogP contribution in [-0.4, -0.2) is 41.0 Å². The zero-order valence-corrected chi connectivity index (χ0v) is 15.3. The van der Waals surface area contributed by atoms with Crippen LogP contribution in [0.4, 0.5) is 4.79 Å². The first-order valence-corrected chi connectivity index (χ1v) is 9.26. The van der Waals surface area contributed by atoms with Crippen molar-refractivity contribution in [3.63, 3.8) is 0 Å². The number of rotatable bonds is 5. The van der Waals surface area contributed by atoms with Crippen molar-refractivity contribution in [1.29, 1.82) is 0 Å². The fourth-order valence-electron chi connectivity index (χ4n) is 3.10. The summed E-state index contributed by atoms with van der Waals surface area (Å²) in [5.41, 5.74) is 2.23. The summed E-state index contributed by atoms with van der Waals surface area (Å²) in [6, 6.07) is 12.0. The Labute approximate surface area is 150 Å². The molecule has 0 bridgehead atoms. The predicted octanol–water partition coefficient (Wildman–Crippen LogP) is 3.40. The summed E-state index contributed by atoms with van der Waals surface area (Å²) < 4.78 is 7.47. The molecule has 3 rings (SSSR count). The number of aromatic nitrogens is 1. The Hall–Kier alpha value is -1.95. The van der Waals surface area contributed by atoms with Crippen molar-refractivity contribution in [2.75, 3.05) is 25.5 Å². The summed E-state index contributed by atoms with van der Waals surface area (Å²) in [6.07, 6.45) is 3.00.